The maximum Gasteiger partial charge on any atom is 0.294 e. The quantitative estimate of drug-likeness (QED) is 0.636. The van der Waals surface area contributed by atoms with Crippen LogP contribution in [0.15, 0.2) is 29.2 Å². The highest BCUT2D eigenvalue weighted by Crippen LogP contribution is 2.08. The van der Waals surface area contributed by atoms with E-state index in [0.29, 0.717) is 0 Å². The predicted octanol–water partition coefficient (Wildman–Crippen LogP) is 2.64. The molecule has 0 aliphatic heterocycles. The highest BCUT2D eigenvalue weighted by Gasteiger charge is 2.06. The first-order valence-electron chi connectivity index (χ1n) is 4.02. The number of alkyl halides is 1. The van der Waals surface area contributed by atoms with Crippen molar-refractivity contribution in [2.24, 2.45) is 0 Å². The van der Waals surface area contributed by atoms with Gasteiger partial charge in [-0.3, -0.25) is 4.55 Å². The van der Waals surface area contributed by atoms with Gasteiger partial charge in [0.15, 0.2) is 0 Å². The van der Waals surface area contributed by atoms with Gasteiger partial charge >= 0.3 is 0 Å². The van der Waals surface area contributed by atoms with Crippen LogP contribution in [-0.4, -0.2) is 18.3 Å². The van der Waals surface area contributed by atoms with Crippen LogP contribution in [0, 0.1) is 6.92 Å². The second kappa shape index (κ2) is 6.16. The average Bonchev–Trinajstić information content (AvgIpc) is 2.04. The lowest BCUT2D eigenvalue weighted by molar-refractivity contribution is 0.483. The van der Waals surface area contributed by atoms with Crippen molar-refractivity contribution in [2.45, 2.75) is 18.7 Å². The van der Waals surface area contributed by atoms with Gasteiger partial charge in [-0.2, -0.15) is 8.42 Å². The number of benzene rings is 1. The molecule has 0 fully saturated rings. The second-order valence-electron chi connectivity index (χ2n) is 2.56. The zero-order valence-electron chi connectivity index (χ0n) is 8.07. The SMILES string of the molecule is CCBr.Cc1ccc(S(=O)(=O)O)cc1. The highest BCUT2D eigenvalue weighted by molar-refractivity contribution is 9.09. The van der Waals surface area contributed by atoms with Crippen LogP contribution in [0.5, 0.6) is 0 Å². The number of halogens is 1. The molecule has 3 nitrogen and oxygen atoms in total. The van der Waals surface area contributed by atoms with Crippen LogP contribution < -0.4 is 0 Å². The highest BCUT2D eigenvalue weighted by atomic mass is 79.9. The normalized spacial score (nSPS) is 10.3. The Morgan fingerprint density at radius 2 is 1.64 bits per heavy atom. The first kappa shape index (κ1) is 13.6. The Labute approximate surface area is 93.0 Å². The van der Waals surface area contributed by atoms with Crippen molar-refractivity contribution in [1.82, 2.24) is 0 Å². The molecule has 0 aliphatic carbocycles. The summed E-state index contributed by atoms with van der Waals surface area (Å²) in [7, 11) is -4.02. The van der Waals surface area contributed by atoms with Crippen LogP contribution in [0.3, 0.4) is 0 Å². The van der Waals surface area contributed by atoms with Gasteiger partial charge in [-0.1, -0.05) is 40.5 Å². The molecule has 0 heterocycles. The molecule has 0 amide bonds. The summed E-state index contributed by atoms with van der Waals surface area (Å²) < 4.78 is 29.6. The van der Waals surface area contributed by atoms with E-state index in [2.05, 4.69) is 15.9 Å². The minimum atomic E-state index is -4.02. The van der Waals surface area contributed by atoms with Gasteiger partial charge in [0, 0.05) is 5.33 Å². The van der Waals surface area contributed by atoms with Crippen LogP contribution in [-0.2, 0) is 10.1 Å². The molecule has 0 saturated carbocycles. The van der Waals surface area contributed by atoms with Gasteiger partial charge in [-0.25, -0.2) is 0 Å². The second-order valence-corrected chi connectivity index (χ2v) is 5.10. The molecule has 1 N–H and O–H groups in total. The summed E-state index contributed by atoms with van der Waals surface area (Å²) in [6, 6.07) is 5.99. The summed E-state index contributed by atoms with van der Waals surface area (Å²) >= 11 is 3.15. The molecule has 0 bridgehead atoms. The standard InChI is InChI=1S/C7H8O3S.C2H5Br/c1-6-2-4-7(5-3-6)11(8,9)10;1-2-3/h2-5H,1H3,(H,8,9,10);2H2,1H3. The maximum absolute atomic E-state index is 10.5. The third-order valence-corrected chi connectivity index (χ3v) is 2.19. The molecular weight excluding hydrogens is 268 g/mol. The van der Waals surface area contributed by atoms with E-state index in [1.165, 1.54) is 12.1 Å². The lowest BCUT2D eigenvalue weighted by atomic mass is 10.2. The van der Waals surface area contributed by atoms with E-state index < -0.39 is 10.1 Å². The van der Waals surface area contributed by atoms with E-state index in [-0.39, 0.29) is 4.90 Å². The number of hydrogen-bond donors (Lipinski definition) is 1. The molecule has 0 saturated heterocycles. The fourth-order valence-electron chi connectivity index (χ4n) is 0.710. The molecule has 1 aromatic carbocycles. The Morgan fingerprint density at radius 1 is 1.29 bits per heavy atom. The summed E-state index contributed by atoms with van der Waals surface area (Å²) in [5.74, 6) is 0. The topological polar surface area (TPSA) is 54.4 Å². The van der Waals surface area contributed by atoms with Gasteiger partial charge in [0.1, 0.15) is 0 Å². The van der Waals surface area contributed by atoms with E-state index in [1.807, 2.05) is 13.8 Å². The summed E-state index contributed by atoms with van der Waals surface area (Å²) in [6.07, 6.45) is 0. The van der Waals surface area contributed by atoms with E-state index in [4.69, 9.17) is 4.55 Å². The van der Waals surface area contributed by atoms with Crippen LogP contribution in [0.1, 0.15) is 12.5 Å². The maximum atomic E-state index is 10.5. The number of hydrogen-bond acceptors (Lipinski definition) is 2. The first-order chi connectivity index (χ1) is 6.41. The van der Waals surface area contributed by atoms with Crippen LogP contribution in [0.25, 0.3) is 0 Å². The molecule has 0 aliphatic rings. The minimum absolute atomic E-state index is 0.0666. The molecule has 80 valence electrons. The van der Waals surface area contributed by atoms with E-state index >= 15 is 0 Å². The third-order valence-electron chi connectivity index (χ3n) is 1.32. The lowest BCUT2D eigenvalue weighted by Gasteiger charge is -1.95. The largest absolute Gasteiger partial charge is 0.294 e. The van der Waals surface area contributed by atoms with Crippen LogP contribution in [0.4, 0.5) is 0 Å². The number of rotatable bonds is 1. The van der Waals surface area contributed by atoms with E-state index in [9.17, 15) is 8.42 Å². The molecule has 14 heavy (non-hydrogen) atoms. The van der Waals surface area contributed by atoms with Crippen molar-refractivity contribution in [3.05, 3.63) is 29.8 Å². The molecule has 5 heteroatoms. The van der Waals surface area contributed by atoms with Gasteiger partial charge in [0.05, 0.1) is 4.90 Å². The van der Waals surface area contributed by atoms with Gasteiger partial charge in [0.25, 0.3) is 10.1 Å². The van der Waals surface area contributed by atoms with Crippen molar-refractivity contribution in [2.75, 3.05) is 5.33 Å². The monoisotopic (exact) mass is 280 g/mol. The predicted molar refractivity (Wildman–Crippen MR) is 60.5 cm³/mol. The fraction of sp³-hybridized carbons (Fsp3) is 0.333. The summed E-state index contributed by atoms with van der Waals surface area (Å²) in [4.78, 5) is -0.0666. The molecule has 0 unspecified atom stereocenters. The van der Waals surface area contributed by atoms with E-state index in [0.717, 1.165) is 10.9 Å². The third kappa shape index (κ3) is 5.36. The lowest BCUT2D eigenvalue weighted by Crippen LogP contribution is -1.96. The Hall–Kier alpha value is -0.390. The Morgan fingerprint density at radius 3 is 1.93 bits per heavy atom. The fourth-order valence-corrected chi connectivity index (χ4v) is 1.19. The number of aryl methyl sites for hydroxylation is 1. The van der Waals surface area contributed by atoms with Gasteiger partial charge in [0.2, 0.25) is 0 Å². The van der Waals surface area contributed by atoms with Crippen LogP contribution in [0.2, 0.25) is 0 Å². The minimum Gasteiger partial charge on any atom is -0.282 e. The molecule has 1 rings (SSSR count). The Balaban J connectivity index is 0.000000500. The van der Waals surface area contributed by atoms with Crippen molar-refractivity contribution in [3.8, 4) is 0 Å². The zero-order valence-corrected chi connectivity index (χ0v) is 10.5. The summed E-state index contributed by atoms with van der Waals surface area (Å²) in [5, 5.41) is 1.06. The molecule has 0 radical (unpaired) electrons. The van der Waals surface area contributed by atoms with Gasteiger partial charge in [-0.05, 0) is 19.1 Å². The van der Waals surface area contributed by atoms with Crippen molar-refractivity contribution < 1.29 is 13.0 Å². The Bertz CT molecular complexity index is 356. The van der Waals surface area contributed by atoms with E-state index in [1.54, 1.807) is 12.1 Å². The smallest absolute Gasteiger partial charge is 0.282 e. The average molecular weight is 281 g/mol. The summed E-state index contributed by atoms with van der Waals surface area (Å²) in [5.41, 5.74) is 0.956. The Kier molecular flexibility index (Phi) is 5.99. The molecule has 1 aromatic rings. The molecule has 0 aromatic heterocycles. The zero-order chi connectivity index (χ0) is 11.2. The first-order valence-corrected chi connectivity index (χ1v) is 6.58. The van der Waals surface area contributed by atoms with Crippen molar-refractivity contribution in [1.29, 1.82) is 0 Å². The molecular formula is C9H13BrO3S. The molecule has 0 spiro atoms. The summed E-state index contributed by atoms with van der Waals surface area (Å²) in [6.45, 7) is 3.88. The van der Waals surface area contributed by atoms with Crippen molar-refractivity contribution >= 4 is 26.0 Å². The van der Waals surface area contributed by atoms with Gasteiger partial charge < -0.3 is 0 Å². The van der Waals surface area contributed by atoms with Crippen molar-refractivity contribution in [3.63, 3.8) is 0 Å². The van der Waals surface area contributed by atoms with Gasteiger partial charge in [-0.15, -0.1) is 0 Å². The molecule has 0 atom stereocenters. The van der Waals surface area contributed by atoms with Crippen LogP contribution >= 0.6 is 15.9 Å².